The number of fused-ring (bicyclic) bond motifs is 13. The van der Waals surface area contributed by atoms with E-state index in [0.717, 1.165) is 0 Å². The van der Waals surface area contributed by atoms with Crippen LogP contribution in [0.25, 0.3) is 110 Å². The third-order valence-corrected chi connectivity index (χ3v) is 9.63. The summed E-state index contributed by atoms with van der Waals surface area (Å²) in [6.45, 7) is 0. The Kier molecular flexibility index (Phi) is 3.13. The maximum absolute atomic E-state index is 10.0. The first-order valence-electron chi connectivity index (χ1n) is 25.2. The molecule has 12 rings (SSSR count). The zero-order chi connectivity index (χ0) is 49.6. The summed E-state index contributed by atoms with van der Waals surface area (Å²) in [4.78, 5) is 0. The Morgan fingerprint density at radius 2 is 1.08 bits per heavy atom. The van der Waals surface area contributed by atoms with Crippen molar-refractivity contribution in [1.29, 1.82) is 0 Å². The van der Waals surface area contributed by atoms with Gasteiger partial charge in [0.2, 0.25) is 0 Å². The predicted octanol–water partition coefficient (Wildman–Crippen LogP) is 13.3. The van der Waals surface area contributed by atoms with E-state index < -0.39 is 120 Å². The van der Waals surface area contributed by atoms with Gasteiger partial charge < -0.3 is 18.0 Å². The highest BCUT2D eigenvalue weighted by molar-refractivity contribution is 6.26. The van der Waals surface area contributed by atoms with Crippen molar-refractivity contribution in [3.05, 3.63) is 169 Å². The fourth-order valence-electron chi connectivity index (χ4n) is 7.53. The third-order valence-electron chi connectivity index (χ3n) is 9.63. The Hall–Kier alpha value is -7.04. The molecule has 0 spiro atoms. The molecule has 0 aliphatic heterocycles. The molecule has 8 aromatic carbocycles. The lowest BCUT2D eigenvalue weighted by atomic mass is 10.0. The van der Waals surface area contributed by atoms with Crippen molar-refractivity contribution in [2.24, 2.45) is 0 Å². The topological polar surface area (TPSA) is 36.1 Å². The molecule has 0 amide bonds. The monoisotopic (exact) mass is 682 g/mol. The minimum Gasteiger partial charge on any atom is -0.455 e. The first-order valence-corrected chi connectivity index (χ1v) is 16.2. The van der Waals surface area contributed by atoms with Gasteiger partial charge in [-0.05, 0) is 54.0 Å². The van der Waals surface area contributed by atoms with Gasteiger partial charge in [0.05, 0.1) is 52.4 Å². The average Bonchev–Trinajstić information content (AvgIpc) is 4.12. The van der Waals surface area contributed by atoms with E-state index in [2.05, 4.69) is 0 Å². The van der Waals surface area contributed by atoms with Gasteiger partial charge in [0.25, 0.3) is 0 Å². The number of hydrogen-bond donors (Lipinski definition) is 0. The zero-order valence-electron chi connectivity index (χ0n) is 44.5. The number of furan rings is 2. The smallest absolute Gasteiger partial charge is 0.159 e. The summed E-state index contributed by atoms with van der Waals surface area (Å²) in [7, 11) is 0. The van der Waals surface area contributed by atoms with Crippen LogP contribution in [-0.2, 0) is 0 Å². The molecule has 52 heavy (non-hydrogen) atoms. The Morgan fingerprint density at radius 1 is 0.442 bits per heavy atom. The number of rotatable bonds is 3. The minimum atomic E-state index is -0.703. The number of aromatic nitrogens is 2. The molecule has 0 saturated heterocycles. The fraction of sp³-hybridized carbons (Fsp3) is 0. The van der Waals surface area contributed by atoms with E-state index in [4.69, 9.17) is 25.3 Å². The molecular formula is C48H28N2O2. The highest BCUT2D eigenvalue weighted by Gasteiger charge is 2.23. The van der Waals surface area contributed by atoms with Crippen LogP contribution in [0.2, 0.25) is 0 Å². The second-order valence-electron chi connectivity index (χ2n) is 12.3. The van der Waals surface area contributed by atoms with E-state index in [9.17, 15) is 8.22 Å². The molecule has 0 aliphatic rings. The largest absolute Gasteiger partial charge is 0.455 e. The summed E-state index contributed by atoms with van der Waals surface area (Å²) in [5.41, 5.74) is -0.635. The van der Waals surface area contributed by atoms with Crippen LogP contribution in [0.4, 0.5) is 0 Å². The van der Waals surface area contributed by atoms with Crippen LogP contribution < -0.4 is 0 Å². The lowest BCUT2D eigenvalue weighted by Crippen LogP contribution is -1.96. The highest BCUT2D eigenvalue weighted by Crippen LogP contribution is 2.44. The average molecular weight is 683 g/mol. The molecule has 0 unspecified atom stereocenters. The van der Waals surface area contributed by atoms with Crippen LogP contribution >= 0.6 is 0 Å². The molecule has 4 nitrogen and oxygen atoms in total. The molecule has 0 aliphatic carbocycles. The Bertz CT molecular complexity index is 4470. The van der Waals surface area contributed by atoms with Gasteiger partial charge in [-0.25, -0.2) is 0 Å². The van der Waals surface area contributed by atoms with E-state index in [-0.39, 0.29) is 55.3 Å². The quantitative estimate of drug-likeness (QED) is 0.186. The van der Waals surface area contributed by atoms with Crippen LogP contribution in [-0.4, -0.2) is 9.13 Å². The predicted molar refractivity (Wildman–Crippen MR) is 215 cm³/mol. The van der Waals surface area contributed by atoms with Crippen molar-refractivity contribution in [3.63, 3.8) is 0 Å². The van der Waals surface area contributed by atoms with Gasteiger partial charge in [0, 0.05) is 54.3 Å². The van der Waals surface area contributed by atoms with Crippen molar-refractivity contribution in [2.75, 3.05) is 0 Å². The molecule has 0 atom stereocenters. The van der Waals surface area contributed by atoms with Crippen LogP contribution in [0.3, 0.4) is 0 Å². The number of benzene rings is 8. The van der Waals surface area contributed by atoms with E-state index in [1.807, 2.05) is 6.07 Å². The van der Waals surface area contributed by atoms with Crippen LogP contribution in [0.5, 0.6) is 0 Å². The van der Waals surface area contributed by atoms with Crippen molar-refractivity contribution < 1.29 is 33.5 Å². The molecule has 0 N–H and O–H groups in total. The SMILES string of the molecule is [2H]c1c([2H])c(-c2c([2H])c([2H])c([2H])c3c2oc2c([2H])c([2H])c([2H])c([2H])c23)c([2H])c(-n2c3ccccc3c3ccc4c(c5ccccc5n4-c4c([2H])c([2H])c([2H])c5c4oc4c([2H])c([2H])c([2H])c([2H])c45)c32)c1[2H]. The van der Waals surface area contributed by atoms with Gasteiger partial charge in [0.15, 0.2) is 5.58 Å². The Morgan fingerprint density at radius 3 is 1.88 bits per heavy atom. The van der Waals surface area contributed by atoms with Crippen molar-refractivity contribution >= 4 is 87.5 Å². The van der Waals surface area contributed by atoms with Gasteiger partial charge in [-0.3, -0.25) is 0 Å². The van der Waals surface area contributed by atoms with Crippen molar-refractivity contribution in [2.45, 2.75) is 0 Å². The maximum Gasteiger partial charge on any atom is 0.159 e. The van der Waals surface area contributed by atoms with Crippen molar-refractivity contribution in [1.82, 2.24) is 9.13 Å². The number of hydrogen-bond acceptors (Lipinski definition) is 2. The van der Waals surface area contributed by atoms with Gasteiger partial charge in [-0.2, -0.15) is 0 Å². The van der Waals surface area contributed by atoms with E-state index in [0.29, 0.717) is 43.6 Å². The summed E-state index contributed by atoms with van der Waals surface area (Å²) >= 11 is 0. The standard InChI is InChI=1S/C48H28N2O2/c1-5-21-39-32(14-1)35-26-27-41-45(38-17-2-6-22-40(38)50(41)42-23-11-20-37-34-16-4-8-25-44(34)52-48(37)42)46(35)49(39)30-13-9-12-29(28-30)31-18-10-19-36-33-15-3-7-24-43(33)51-47(31)36/h1-28H/i3D,4D,7D,8D,9D,10D,11D,12D,13D,15D,16D,18D,19D,20D,23D,24D,25D,28D. The van der Waals surface area contributed by atoms with Gasteiger partial charge in [0.1, 0.15) is 16.7 Å². The fourth-order valence-corrected chi connectivity index (χ4v) is 7.53. The van der Waals surface area contributed by atoms with Crippen LogP contribution in [0.1, 0.15) is 24.7 Å². The van der Waals surface area contributed by atoms with E-state index in [1.54, 1.807) is 63.7 Å². The first-order chi connectivity index (χ1) is 33.3. The highest BCUT2D eigenvalue weighted by atomic mass is 16.3. The molecule has 0 radical (unpaired) electrons. The van der Waals surface area contributed by atoms with Crippen LogP contribution in [0, 0.1) is 0 Å². The van der Waals surface area contributed by atoms with Gasteiger partial charge >= 0.3 is 0 Å². The Balaban J connectivity index is 1.26. The van der Waals surface area contributed by atoms with E-state index >= 15 is 0 Å². The normalized spacial score (nSPS) is 17.1. The molecule has 4 aromatic heterocycles. The molecule has 0 fully saturated rings. The first kappa shape index (κ1) is 15.9. The maximum atomic E-state index is 10.0. The van der Waals surface area contributed by atoms with Gasteiger partial charge in [-0.15, -0.1) is 0 Å². The lowest BCUT2D eigenvalue weighted by molar-refractivity contribution is 0.666. The lowest BCUT2D eigenvalue weighted by Gasteiger charge is -2.12. The minimum absolute atomic E-state index is 0.0439. The summed E-state index contributed by atoms with van der Waals surface area (Å²) in [5, 5.41) is 1.52. The molecule has 0 saturated carbocycles. The molecule has 242 valence electrons. The zero-order valence-corrected chi connectivity index (χ0v) is 26.5. The molecular weight excluding hydrogens is 637 g/mol. The van der Waals surface area contributed by atoms with Crippen molar-refractivity contribution in [3.8, 4) is 22.5 Å². The van der Waals surface area contributed by atoms with E-state index in [1.165, 1.54) is 0 Å². The molecule has 0 bridgehead atoms. The summed E-state index contributed by atoms with van der Waals surface area (Å²) in [6.07, 6.45) is 0. The summed E-state index contributed by atoms with van der Waals surface area (Å²) in [6, 6.07) is 7.14. The summed E-state index contributed by atoms with van der Waals surface area (Å²) < 4.78 is 176. The molecule has 12 aromatic rings. The second kappa shape index (κ2) is 10.3. The third kappa shape index (κ3) is 3.65. The molecule has 4 heterocycles. The van der Waals surface area contributed by atoms with Crippen LogP contribution in [0.15, 0.2) is 178 Å². The number of nitrogens with zero attached hydrogens (tertiary/aromatic N) is 2. The summed E-state index contributed by atoms with van der Waals surface area (Å²) in [5.74, 6) is 0. The second-order valence-corrected chi connectivity index (χ2v) is 12.3. The Labute approximate surface area is 322 Å². The number of para-hydroxylation sites is 6. The van der Waals surface area contributed by atoms with Gasteiger partial charge in [-0.1, -0.05) is 121 Å². The molecule has 4 heteroatoms.